The molecule has 0 bridgehead atoms. The molecule has 0 saturated heterocycles. The molecule has 4 rings (SSSR count). The summed E-state index contributed by atoms with van der Waals surface area (Å²) in [6.07, 6.45) is 6.78. The van der Waals surface area contributed by atoms with E-state index in [0.29, 0.717) is 11.8 Å². The summed E-state index contributed by atoms with van der Waals surface area (Å²) in [5, 5.41) is 0. The minimum Gasteiger partial charge on any atom is -0.358 e. The van der Waals surface area contributed by atoms with Crippen molar-refractivity contribution in [1.82, 2.24) is 4.90 Å². The van der Waals surface area contributed by atoms with Crippen LogP contribution in [-0.4, -0.2) is 11.9 Å². The standard InChI is InChI=1S/C19H17N/c1-20-12-11-16-15-9-5-6-10-17(15)19(18(16)13-20)14-7-3-2-4-8-14/h2-13,16,19H,1H3/t16-,19+/m0/s1. The van der Waals surface area contributed by atoms with Crippen molar-refractivity contribution in [3.63, 3.8) is 0 Å². The van der Waals surface area contributed by atoms with Gasteiger partial charge in [0.1, 0.15) is 0 Å². The summed E-state index contributed by atoms with van der Waals surface area (Å²) in [5.74, 6) is 0.831. The Bertz CT molecular complexity index is 697. The van der Waals surface area contributed by atoms with Gasteiger partial charge in [-0.1, -0.05) is 60.7 Å². The quantitative estimate of drug-likeness (QED) is 0.739. The summed E-state index contributed by atoms with van der Waals surface area (Å²) in [6, 6.07) is 19.7. The summed E-state index contributed by atoms with van der Waals surface area (Å²) < 4.78 is 0. The Morgan fingerprint density at radius 2 is 1.55 bits per heavy atom. The number of hydrogen-bond donors (Lipinski definition) is 0. The zero-order valence-corrected chi connectivity index (χ0v) is 11.5. The van der Waals surface area contributed by atoms with Gasteiger partial charge in [-0.3, -0.25) is 0 Å². The average Bonchev–Trinajstić information content (AvgIpc) is 2.81. The van der Waals surface area contributed by atoms with Gasteiger partial charge < -0.3 is 4.90 Å². The third kappa shape index (κ3) is 1.63. The molecule has 1 aliphatic carbocycles. The Morgan fingerprint density at radius 1 is 0.850 bits per heavy atom. The zero-order chi connectivity index (χ0) is 13.5. The van der Waals surface area contributed by atoms with Crippen LogP contribution >= 0.6 is 0 Å². The SMILES string of the molecule is CN1C=C[C@@H]2C(=C1)[C@H](c1ccccc1)c1ccccc12. The molecule has 2 atom stereocenters. The van der Waals surface area contributed by atoms with Crippen LogP contribution in [0, 0.1) is 0 Å². The lowest BCUT2D eigenvalue weighted by Gasteiger charge is -2.23. The maximum Gasteiger partial charge on any atom is 0.0328 e. The van der Waals surface area contributed by atoms with Crippen LogP contribution in [0.1, 0.15) is 28.5 Å². The highest BCUT2D eigenvalue weighted by Gasteiger charge is 2.36. The molecular formula is C19H17N. The highest BCUT2D eigenvalue weighted by molar-refractivity contribution is 5.58. The number of fused-ring (bicyclic) bond motifs is 3. The van der Waals surface area contributed by atoms with Gasteiger partial charge in [-0.15, -0.1) is 0 Å². The monoisotopic (exact) mass is 259 g/mol. The fraction of sp³-hybridized carbons (Fsp3) is 0.158. The Morgan fingerprint density at radius 3 is 2.35 bits per heavy atom. The second-order valence-corrected chi connectivity index (χ2v) is 5.59. The van der Waals surface area contributed by atoms with E-state index in [1.54, 1.807) is 0 Å². The van der Waals surface area contributed by atoms with Gasteiger partial charge in [-0.25, -0.2) is 0 Å². The van der Waals surface area contributed by atoms with E-state index < -0.39 is 0 Å². The van der Waals surface area contributed by atoms with Crippen molar-refractivity contribution in [1.29, 1.82) is 0 Å². The summed E-state index contributed by atoms with van der Waals surface area (Å²) in [5.41, 5.74) is 5.78. The minimum absolute atomic E-state index is 0.393. The van der Waals surface area contributed by atoms with Gasteiger partial charge >= 0.3 is 0 Å². The summed E-state index contributed by atoms with van der Waals surface area (Å²) in [6.45, 7) is 0. The molecule has 0 radical (unpaired) electrons. The second-order valence-electron chi connectivity index (χ2n) is 5.59. The first-order chi connectivity index (χ1) is 9.84. The van der Waals surface area contributed by atoms with Crippen molar-refractivity contribution in [2.75, 3.05) is 7.05 Å². The number of rotatable bonds is 1. The Labute approximate surface area is 119 Å². The fourth-order valence-electron chi connectivity index (χ4n) is 3.48. The van der Waals surface area contributed by atoms with E-state index in [9.17, 15) is 0 Å². The van der Waals surface area contributed by atoms with Crippen LogP contribution in [-0.2, 0) is 0 Å². The highest BCUT2D eigenvalue weighted by atomic mass is 15.1. The number of allylic oxidation sites excluding steroid dienone is 2. The topological polar surface area (TPSA) is 3.24 Å². The highest BCUT2D eigenvalue weighted by Crippen LogP contribution is 2.50. The van der Waals surface area contributed by atoms with Gasteiger partial charge in [0.05, 0.1) is 0 Å². The third-order valence-corrected chi connectivity index (χ3v) is 4.33. The molecule has 1 heteroatoms. The molecule has 98 valence electrons. The molecule has 0 unspecified atom stereocenters. The number of benzene rings is 2. The molecule has 1 heterocycles. The first kappa shape index (κ1) is 11.5. The van der Waals surface area contributed by atoms with Gasteiger partial charge in [-0.2, -0.15) is 0 Å². The second kappa shape index (κ2) is 4.38. The zero-order valence-electron chi connectivity index (χ0n) is 11.5. The molecule has 0 spiro atoms. The van der Waals surface area contributed by atoms with Gasteiger partial charge in [0.2, 0.25) is 0 Å². The minimum atomic E-state index is 0.393. The van der Waals surface area contributed by atoms with Crippen molar-refractivity contribution in [3.8, 4) is 0 Å². The predicted octanol–water partition coefficient (Wildman–Crippen LogP) is 4.26. The summed E-state index contributed by atoms with van der Waals surface area (Å²) >= 11 is 0. The lowest BCUT2D eigenvalue weighted by molar-refractivity contribution is 0.590. The third-order valence-electron chi connectivity index (χ3n) is 4.33. The Balaban J connectivity index is 1.93. The van der Waals surface area contributed by atoms with E-state index in [4.69, 9.17) is 0 Å². The smallest absolute Gasteiger partial charge is 0.0328 e. The van der Waals surface area contributed by atoms with Crippen LogP contribution in [0.3, 0.4) is 0 Å². The fourth-order valence-corrected chi connectivity index (χ4v) is 3.48. The maximum atomic E-state index is 2.32. The van der Waals surface area contributed by atoms with Crippen LogP contribution in [0.2, 0.25) is 0 Å². The van der Waals surface area contributed by atoms with Crippen molar-refractivity contribution in [2.24, 2.45) is 0 Å². The van der Waals surface area contributed by atoms with Crippen LogP contribution in [0.5, 0.6) is 0 Å². The normalized spacial score (nSPS) is 23.2. The predicted molar refractivity (Wildman–Crippen MR) is 82.5 cm³/mol. The first-order valence-corrected chi connectivity index (χ1v) is 7.10. The summed E-state index contributed by atoms with van der Waals surface area (Å²) in [4.78, 5) is 2.16. The molecule has 0 aromatic heterocycles. The van der Waals surface area contributed by atoms with E-state index in [2.05, 4.69) is 85.0 Å². The molecule has 0 fully saturated rings. The van der Waals surface area contributed by atoms with Gasteiger partial charge in [0.25, 0.3) is 0 Å². The summed E-state index contributed by atoms with van der Waals surface area (Å²) in [7, 11) is 2.10. The average molecular weight is 259 g/mol. The van der Waals surface area contributed by atoms with E-state index in [1.165, 1.54) is 22.3 Å². The van der Waals surface area contributed by atoms with Crippen molar-refractivity contribution < 1.29 is 0 Å². The van der Waals surface area contributed by atoms with Crippen LogP contribution in [0.4, 0.5) is 0 Å². The molecule has 0 amide bonds. The molecule has 1 nitrogen and oxygen atoms in total. The Hall–Kier alpha value is -2.28. The largest absolute Gasteiger partial charge is 0.358 e. The molecule has 20 heavy (non-hydrogen) atoms. The van der Waals surface area contributed by atoms with Crippen LogP contribution < -0.4 is 0 Å². The van der Waals surface area contributed by atoms with Gasteiger partial charge in [0.15, 0.2) is 0 Å². The van der Waals surface area contributed by atoms with Crippen LogP contribution in [0.15, 0.2) is 78.6 Å². The van der Waals surface area contributed by atoms with Crippen molar-refractivity contribution >= 4 is 0 Å². The van der Waals surface area contributed by atoms with E-state index in [1.807, 2.05) is 0 Å². The number of nitrogens with zero attached hydrogens (tertiary/aromatic N) is 1. The molecule has 0 saturated carbocycles. The molecule has 0 N–H and O–H groups in total. The number of hydrogen-bond acceptors (Lipinski definition) is 1. The van der Waals surface area contributed by atoms with Crippen molar-refractivity contribution in [3.05, 3.63) is 95.3 Å². The van der Waals surface area contributed by atoms with E-state index in [0.717, 1.165) is 0 Å². The molecule has 2 aromatic rings. The first-order valence-electron chi connectivity index (χ1n) is 7.10. The van der Waals surface area contributed by atoms with Crippen LogP contribution in [0.25, 0.3) is 0 Å². The van der Waals surface area contributed by atoms with E-state index in [-0.39, 0.29) is 0 Å². The lowest BCUT2D eigenvalue weighted by Crippen LogP contribution is -2.12. The van der Waals surface area contributed by atoms with Crippen molar-refractivity contribution in [2.45, 2.75) is 11.8 Å². The maximum absolute atomic E-state index is 2.32. The molecule has 1 aliphatic heterocycles. The molecule has 2 aromatic carbocycles. The van der Waals surface area contributed by atoms with E-state index >= 15 is 0 Å². The lowest BCUT2D eigenvalue weighted by atomic mass is 9.87. The van der Waals surface area contributed by atoms with Gasteiger partial charge in [0, 0.05) is 31.3 Å². The molecule has 2 aliphatic rings. The molecular weight excluding hydrogens is 242 g/mol. The Kier molecular flexibility index (Phi) is 2.53. The van der Waals surface area contributed by atoms with Gasteiger partial charge in [-0.05, 0) is 22.3 Å².